The Morgan fingerprint density at radius 1 is 1.18 bits per heavy atom. The van der Waals surface area contributed by atoms with E-state index < -0.39 is 0 Å². The Hall–Kier alpha value is -3.12. The van der Waals surface area contributed by atoms with Crippen molar-refractivity contribution in [1.29, 1.82) is 0 Å². The second-order valence-electron chi connectivity index (χ2n) is 6.75. The Morgan fingerprint density at radius 3 is 2.61 bits per heavy atom. The minimum atomic E-state index is -0.223. The van der Waals surface area contributed by atoms with Crippen LogP contribution in [0, 0.1) is 6.92 Å². The van der Waals surface area contributed by atoms with E-state index in [0.29, 0.717) is 28.5 Å². The minimum Gasteiger partial charge on any atom is -0.387 e. The molecule has 1 atom stereocenters. The summed E-state index contributed by atoms with van der Waals surface area (Å²) in [6.07, 6.45) is 0.400. The maximum atomic E-state index is 12.6. The van der Waals surface area contributed by atoms with Crippen LogP contribution >= 0.6 is 11.6 Å². The summed E-state index contributed by atoms with van der Waals surface area (Å²) in [5.41, 5.74) is 4.67. The van der Waals surface area contributed by atoms with E-state index in [4.69, 9.17) is 16.4 Å². The predicted octanol–water partition coefficient (Wildman–Crippen LogP) is 4.50. The van der Waals surface area contributed by atoms with Crippen LogP contribution in [-0.4, -0.2) is 21.4 Å². The molecule has 3 aromatic rings. The lowest BCUT2D eigenvalue weighted by Gasteiger charge is -2.07. The van der Waals surface area contributed by atoms with E-state index in [1.54, 1.807) is 17.8 Å². The van der Waals surface area contributed by atoms with E-state index in [2.05, 4.69) is 15.6 Å². The number of carbonyl (C=O) groups is 1. The summed E-state index contributed by atoms with van der Waals surface area (Å²) in [7, 11) is 1.74. The minimum absolute atomic E-state index is 0.181. The molecule has 28 heavy (non-hydrogen) atoms. The quantitative estimate of drug-likeness (QED) is 0.708. The second kappa shape index (κ2) is 7.48. The number of oxime groups is 1. The molecule has 7 heteroatoms. The van der Waals surface area contributed by atoms with Crippen molar-refractivity contribution < 1.29 is 9.63 Å². The number of aromatic nitrogens is 2. The topological polar surface area (TPSA) is 68.5 Å². The molecule has 0 aliphatic carbocycles. The van der Waals surface area contributed by atoms with E-state index >= 15 is 0 Å². The van der Waals surface area contributed by atoms with Gasteiger partial charge in [0.05, 0.1) is 0 Å². The first-order valence-corrected chi connectivity index (χ1v) is 9.28. The highest BCUT2D eigenvalue weighted by atomic mass is 35.5. The van der Waals surface area contributed by atoms with Gasteiger partial charge in [-0.3, -0.25) is 9.48 Å². The number of aryl methyl sites for hydroxylation is 2. The van der Waals surface area contributed by atoms with E-state index in [-0.39, 0.29) is 12.0 Å². The third-order valence-electron chi connectivity index (χ3n) is 4.63. The lowest BCUT2D eigenvalue weighted by atomic mass is 10.0. The number of amides is 1. The van der Waals surface area contributed by atoms with Crippen LogP contribution in [0.15, 0.2) is 59.8 Å². The first-order valence-electron chi connectivity index (χ1n) is 8.90. The van der Waals surface area contributed by atoms with Gasteiger partial charge in [0.25, 0.3) is 5.91 Å². The maximum Gasteiger partial charge on any atom is 0.273 e. The van der Waals surface area contributed by atoms with Crippen molar-refractivity contribution in [2.45, 2.75) is 19.4 Å². The van der Waals surface area contributed by atoms with Gasteiger partial charge >= 0.3 is 0 Å². The number of rotatable bonds is 4. The molecule has 0 saturated carbocycles. The molecule has 1 aliphatic heterocycles. The van der Waals surface area contributed by atoms with E-state index in [1.807, 2.05) is 55.5 Å². The van der Waals surface area contributed by atoms with Gasteiger partial charge in [-0.2, -0.15) is 5.10 Å². The number of nitrogens with zero attached hydrogens (tertiary/aromatic N) is 3. The molecule has 2 aromatic carbocycles. The van der Waals surface area contributed by atoms with Crippen LogP contribution in [0.25, 0.3) is 0 Å². The lowest BCUT2D eigenvalue weighted by molar-refractivity contribution is 0.0857. The third kappa shape index (κ3) is 3.77. The van der Waals surface area contributed by atoms with Gasteiger partial charge in [-0.05, 0) is 42.8 Å². The van der Waals surface area contributed by atoms with Crippen LogP contribution < -0.4 is 5.32 Å². The average Bonchev–Trinajstić information content (AvgIpc) is 3.31. The zero-order valence-electron chi connectivity index (χ0n) is 15.5. The molecular weight excluding hydrogens is 376 g/mol. The molecule has 142 valence electrons. The molecule has 1 amide bonds. The van der Waals surface area contributed by atoms with Gasteiger partial charge in [0.1, 0.15) is 17.1 Å². The van der Waals surface area contributed by atoms with Gasteiger partial charge in [-0.25, -0.2) is 0 Å². The van der Waals surface area contributed by atoms with E-state index in [1.165, 1.54) is 0 Å². The average molecular weight is 395 g/mol. The SMILES string of the molecule is Cc1ccc(NC(=O)c2cc(C3=NOC(c4ccc(Cl)cc4)C3)nn2C)cc1. The normalized spacial score (nSPS) is 15.8. The summed E-state index contributed by atoms with van der Waals surface area (Å²) in [5.74, 6) is -0.223. The number of halogens is 1. The van der Waals surface area contributed by atoms with Crippen LogP contribution in [-0.2, 0) is 11.9 Å². The molecule has 6 nitrogen and oxygen atoms in total. The monoisotopic (exact) mass is 394 g/mol. The second-order valence-corrected chi connectivity index (χ2v) is 7.18. The molecular formula is C21H19ClN4O2. The Morgan fingerprint density at radius 2 is 1.89 bits per heavy atom. The highest BCUT2D eigenvalue weighted by molar-refractivity contribution is 6.30. The molecule has 0 radical (unpaired) electrons. The Kier molecular flexibility index (Phi) is 4.88. The van der Waals surface area contributed by atoms with E-state index in [0.717, 1.165) is 16.8 Å². The molecule has 1 N–H and O–H groups in total. The largest absolute Gasteiger partial charge is 0.387 e. The van der Waals surface area contributed by atoms with Crippen LogP contribution in [0.3, 0.4) is 0 Å². The molecule has 1 aliphatic rings. The van der Waals surface area contributed by atoms with Crippen molar-refractivity contribution in [1.82, 2.24) is 9.78 Å². The Balaban J connectivity index is 1.47. The molecule has 1 aromatic heterocycles. The Bertz CT molecular complexity index is 1040. The smallest absolute Gasteiger partial charge is 0.273 e. The number of hydrogen-bond donors (Lipinski definition) is 1. The third-order valence-corrected chi connectivity index (χ3v) is 4.88. The van der Waals surface area contributed by atoms with Crippen molar-refractivity contribution in [3.8, 4) is 0 Å². The van der Waals surface area contributed by atoms with Crippen molar-refractivity contribution in [3.63, 3.8) is 0 Å². The molecule has 2 heterocycles. The molecule has 0 bridgehead atoms. The maximum absolute atomic E-state index is 12.6. The molecule has 4 rings (SSSR count). The first kappa shape index (κ1) is 18.3. The van der Waals surface area contributed by atoms with Gasteiger partial charge in [0, 0.05) is 24.2 Å². The summed E-state index contributed by atoms with van der Waals surface area (Å²) in [6.45, 7) is 2.00. The van der Waals surface area contributed by atoms with Crippen molar-refractivity contribution in [2.75, 3.05) is 5.32 Å². The van der Waals surface area contributed by atoms with Gasteiger partial charge in [0.2, 0.25) is 0 Å². The van der Waals surface area contributed by atoms with Crippen LogP contribution in [0.4, 0.5) is 5.69 Å². The first-order chi connectivity index (χ1) is 13.5. The van der Waals surface area contributed by atoms with Crippen LogP contribution in [0.5, 0.6) is 0 Å². The van der Waals surface area contributed by atoms with Crippen LogP contribution in [0.1, 0.15) is 39.8 Å². The van der Waals surface area contributed by atoms with Crippen molar-refractivity contribution >= 4 is 28.9 Å². The number of carbonyl (C=O) groups excluding carboxylic acids is 1. The number of anilines is 1. The zero-order valence-corrected chi connectivity index (χ0v) is 16.3. The number of hydrogen-bond acceptors (Lipinski definition) is 4. The highest BCUT2D eigenvalue weighted by Crippen LogP contribution is 2.30. The predicted molar refractivity (Wildman–Crippen MR) is 109 cm³/mol. The number of benzene rings is 2. The highest BCUT2D eigenvalue weighted by Gasteiger charge is 2.26. The molecule has 0 spiro atoms. The van der Waals surface area contributed by atoms with Crippen molar-refractivity contribution in [2.24, 2.45) is 12.2 Å². The summed E-state index contributed by atoms with van der Waals surface area (Å²) in [4.78, 5) is 18.2. The van der Waals surface area contributed by atoms with Gasteiger partial charge < -0.3 is 10.2 Å². The number of nitrogens with one attached hydrogen (secondary N) is 1. The molecule has 0 saturated heterocycles. The fraction of sp³-hybridized carbons (Fsp3) is 0.190. The summed E-state index contributed by atoms with van der Waals surface area (Å²) >= 11 is 5.94. The van der Waals surface area contributed by atoms with Gasteiger partial charge in [-0.1, -0.05) is 46.6 Å². The fourth-order valence-electron chi connectivity index (χ4n) is 3.04. The van der Waals surface area contributed by atoms with Crippen LogP contribution in [0.2, 0.25) is 5.02 Å². The fourth-order valence-corrected chi connectivity index (χ4v) is 3.16. The van der Waals surface area contributed by atoms with Gasteiger partial charge in [0.15, 0.2) is 6.10 Å². The lowest BCUT2D eigenvalue weighted by Crippen LogP contribution is -2.15. The molecule has 1 unspecified atom stereocenters. The van der Waals surface area contributed by atoms with E-state index in [9.17, 15) is 4.79 Å². The summed E-state index contributed by atoms with van der Waals surface area (Å²) in [6, 6.07) is 16.9. The summed E-state index contributed by atoms with van der Waals surface area (Å²) in [5, 5.41) is 12.2. The zero-order chi connectivity index (χ0) is 19.7. The van der Waals surface area contributed by atoms with Gasteiger partial charge in [-0.15, -0.1) is 0 Å². The molecule has 0 fully saturated rings. The summed E-state index contributed by atoms with van der Waals surface area (Å²) < 4.78 is 1.55. The Labute approximate surface area is 167 Å². The van der Waals surface area contributed by atoms with Crippen molar-refractivity contribution in [3.05, 3.63) is 82.1 Å². The standard InChI is InChI=1S/C21H19ClN4O2/c1-13-3-9-16(10-4-13)23-21(27)19-11-17(24-26(19)2)18-12-20(28-25-18)14-5-7-15(22)8-6-14/h3-11,20H,12H2,1-2H3,(H,23,27).